The number of carboxylic acids is 1. The highest BCUT2D eigenvalue weighted by atomic mass is 16.5. The molecule has 0 bridgehead atoms. The van der Waals surface area contributed by atoms with Crippen LogP contribution in [0.4, 0.5) is 0 Å². The standard InChI is InChI=1S/C29H42O8/c1-16(5-9-25(34)36-4)19-6-7-20-27-21(15-23(31)29(19,20)3)28(2)12-11-18(13-17(28)14-22(27)30)37-26(35)10-8-24(32)33/h16-21,27H,5-15H2,1-4H3,(H,32,33)/t16-,17-,18+,19+,20-,21-,27-,28-,29+/m0/s1. The first-order chi connectivity index (χ1) is 17.4. The molecule has 206 valence electrons. The first kappa shape index (κ1) is 27.8. The number of ether oxygens (including phenoxy) is 2. The summed E-state index contributed by atoms with van der Waals surface area (Å²) >= 11 is 0. The molecule has 0 aromatic carbocycles. The molecule has 0 radical (unpaired) electrons. The molecule has 8 heteroatoms. The highest BCUT2D eigenvalue weighted by Crippen LogP contribution is 2.66. The van der Waals surface area contributed by atoms with Gasteiger partial charge in [-0.25, -0.2) is 0 Å². The van der Waals surface area contributed by atoms with E-state index in [0.29, 0.717) is 38.5 Å². The van der Waals surface area contributed by atoms with E-state index in [1.807, 2.05) is 0 Å². The molecule has 8 nitrogen and oxygen atoms in total. The molecule has 0 aromatic rings. The van der Waals surface area contributed by atoms with Gasteiger partial charge in [-0.15, -0.1) is 0 Å². The quantitative estimate of drug-likeness (QED) is 0.470. The summed E-state index contributed by atoms with van der Waals surface area (Å²) in [5.74, 6) is -0.893. The van der Waals surface area contributed by atoms with Gasteiger partial charge in [0.2, 0.25) is 0 Å². The van der Waals surface area contributed by atoms with Crippen molar-refractivity contribution in [3.8, 4) is 0 Å². The zero-order chi connectivity index (χ0) is 27.1. The Morgan fingerprint density at radius 2 is 1.73 bits per heavy atom. The maximum absolute atomic E-state index is 13.9. The Hall–Kier alpha value is -2.25. The number of ketones is 2. The fraction of sp³-hybridized carbons (Fsp3) is 0.828. The van der Waals surface area contributed by atoms with Gasteiger partial charge in [-0.2, -0.15) is 0 Å². The van der Waals surface area contributed by atoms with Crippen molar-refractivity contribution < 1.29 is 38.6 Å². The molecule has 0 aromatic heterocycles. The van der Waals surface area contributed by atoms with Gasteiger partial charge in [-0.05, 0) is 73.5 Å². The molecule has 0 aliphatic heterocycles. The van der Waals surface area contributed by atoms with Crippen LogP contribution < -0.4 is 0 Å². The van der Waals surface area contributed by atoms with Gasteiger partial charge in [0.05, 0.1) is 20.0 Å². The first-order valence-corrected chi connectivity index (χ1v) is 14.0. The number of esters is 2. The number of carboxylic acid groups (broad SMARTS) is 1. The van der Waals surface area contributed by atoms with Crippen LogP contribution in [0.5, 0.6) is 0 Å². The Bertz CT molecular complexity index is 958. The topological polar surface area (TPSA) is 124 Å². The molecular formula is C29H42O8. The number of carbonyl (C=O) groups excluding carboxylic acids is 4. The van der Waals surface area contributed by atoms with Crippen LogP contribution >= 0.6 is 0 Å². The van der Waals surface area contributed by atoms with Crippen LogP contribution in [-0.2, 0) is 33.4 Å². The van der Waals surface area contributed by atoms with Crippen molar-refractivity contribution in [3.05, 3.63) is 0 Å². The number of hydrogen-bond acceptors (Lipinski definition) is 7. The lowest BCUT2D eigenvalue weighted by Crippen LogP contribution is -2.60. The molecule has 0 heterocycles. The van der Waals surface area contributed by atoms with Crippen LogP contribution in [0, 0.1) is 46.3 Å². The summed E-state index contributed by atoms with van der Waals surface area (Å²) in [5, 5.41) is 8.81. The second-order valence-corrected chi connectivity index (χ2v) is 12.6. The first-order valence-electron chi connectivity index (χ1n) is 14.0. The smallest absolute Gasteiger partial charge is 0.306 e. The number of hydrogen-bond donors (Lipinski definition) is 1. The van der Waals surface area contributed by atoms with E-state index in [2.05, 4.69) is 20.8 Å². The summed E-state index contributed by atoms with van der Waals surface area (Å²) in [6, 6.07) is 0. The number of methoxy groups -OCH3 is 1. The lowest BCUT2D eigenvalue weighted by molar-refractivity contribution is -0.173. The van der Waals surface area contributed by atoms with Crippen molar-refractivity contribution in [2.45, 2.75) is 97.5 Å². The monoisotopic (exact) mass is 518 g/mol. The van der Waals surface area contributed by atoms with E-state index in [0.717, 1.165) is 19.3 Å². The van der Waals surface area contributed by atoms with Crippen molar-refractivity contribution in [3.63, 3.8) is 0 Å². The maximum atomic E-state index is 13.9. The fourth-order valence-corrected chi connectivity index (χ4v) is 8.77. The molecule has 4 saturated carbocycles. The molecule has 9 atom stereocenters. The summed E-state index contributed by atoms with van der Waals surface area (Å²) in [5.41, 5.74) is -0.694. The highest BCUT2D eigenvalue weighted by Gasteiger charge is 2.66. The van der Waals surface area contributed by atoms with E-state index in [1.165, 1.54) is 7.11 Å². The lowest BCUT2D eigenvalue weighted by atomic mass is 9.43. The fourth-order valence-electron chi connectivity index (χ4n) is 8.77. The molecular weight excluding hydrogens is 476 g/mol. The summed E-state index contributed by atoms with van der Waals surface area (Å²) in [7, 11) is 1.39. The normalized spacial score (nSPS) is 39.7. The average Bonchev–Trinajstić information content (AvgIpc) is 3.21. The van der Waals surface area contributed by atoms with E-state index in [-0.39, 0.29) is 77.4 Å². The number of fused-ring (bicyclic) bond motifs is 5. The molecule has 0 saturated heterocycles. The zero-order valence-corrected chi connectivity index (χ0v) is 22.6. The third-order valence-electron chi connectivity index (χ3n) is 10.9. The van der Waals surface area contributed by atoms with Gasteiger partial charge < -0.3 is 14.6 Å². The predicted octanol–water partition coefficient (Wildman–Crippen LogP) is 4.37. The Labute approximate surface area is 219 Å². The summed E-state index contributed by atoms with van der Waals surface area (Å²) in [6.07, 6.45) is 5.01. The van der Waals surface area contributed by atoms with Gasteiger partial charge in [0.15, 0.2) is 0 Å². The largest absolute Gasteiger partial charge is 0.481 e. The van der Waals surface area contributed by atoms with Gasteiger partial charge in [-0.1, -0.05) is 20.8 Å². The van der Waals surface area contributed by atoms with Crippen LogP contribution in [0.3, 0.4) is 0 Å². The van der Waals surface area contributed by atoms with E-state index < -0.39 is 17.4 Å². The van der Waals surface area contributed by atoms with Crippen molar-refractivity contribution in [1.82, 2.24) is 0 Å². The molecule has 4 fully saturated rings. The number of aliphatic carboxylic acids is 1. The van der Waals surface area contributed by atoms with Gasteiger partial charge >= 0.3 is 17.9 Å². The van der Waals surface area contributed by atoms with Crippen LogP contribution in [0.15, 0.2) is 0 Å². The van der Waals surface area contributed by atoms with Crippen LogP contribution in [0.1, 0.15) is 91.4 Å². The number of carbonyl (C=O) groups is 5. The van der Waals surface area contributed by atoms with Crippen molar-refractivity contribution in [2.75, 3.05) is 7.11 Å². The molecule has 1 N–H and O–H groups in total. The molecule has 0 spiro atoms. The molecule has 0 unspecified atom stereocenters. The summed E-state index contributed by atoms with van der Waals surface area (Å²) in [4.78, 5) is 62.2. The van der Waals surface area contributed by atoms with E-state index in [9.17, 15) is 24.0 Å². The van der Waals surface area contributed by atoms with Gasteiger partial charge in [0.25, 0.3) is 0 Å². The summed E-state index contributed by atoms with van der Waals surface area (Å²) in [6.45, 7) is 6.43. The van der Waals surface area contributed by atoms with E-state index in [4.69, 9.17) is 14.6 Å². The maximum Gasteiger partial charge on any atom is 0.306 e. The second kappa shape index (κ2) is 10.5. The molecule has 4 rings (SSSR count). The minimum Gasteiger partial charge on any atom is -0.481 e. The van der Waals surface area contributed by atoms with Crippen molar-refractivity contribution in [2.24, 2.45) is 46.3 Å². The van der Waals surface area contributed by atoms with Gasteiger partial charge in [0, 0.05) is 30.6 Å². The average molecular weight is 519 g/mol. The molecule has 37 heavy (non-hydrogen) atoms. The number of Topliss-reactive ketones (excluding diaryl/α,β-unsaturated/α-hetero) is 2. The van der Waals surface area contributed by atoms with Crippen LogP contribution in [-0.4, -0.2) is 47.8 Å². The van der Waals surface area contributed by atoms with Crippen molar-refractivity contribution in [1.29, 1.82) is 0 Å². The van der Waals surface area contributed by atoms with E-state index >= 15 is 0 Å². The van der Waals surface area contributed by atoms with Crippen molar-refractivity contribution >= 4 is 29.5 Å². The Morgan fingerprint density at radius 3 is 2.41 bits per heavy atom. The van der Waals surface area contributed by atoms with Gasteiger partial charge in [0.1, 0.15) is 17.7 Å². The lowest BCUT2D eigenvalue weighted by Gasteiger charge is -2.59. The third kappa shape index (κ3) is 4.97. The van der Waals surface area contributed by atoms with E-state index in [1.54, 1.807) is 0 Å². The summed E-state index contributed by atoms with van der Waals surface area (Å²) < 4.78 is 10.4. The highest BCUT2D eigenvalue weighted by molar-refractivity contribution is 5.92. The van der Waals surface area contributed by atoms with Crippen LogP contribution in [0.2, 0.25) is 0 Å². The Kier molecular flexibility index (Phi) is 7.87. The van der Waals surface area contributed by atoms with Gasteiger partial charge in [-0.3, -0.25) is 24.0 Å². The molecule has 4 aliphatic rings. The SMILES string of the molecule is COC(=O)CC[C@H](C)[C@H]1CC[C@H]2[C@@H]3C(=O)C[C@@H]4C[C@H](OC(=O)CCC(=O)O)CC[C@]4(C)[C@H]3CC(=O)[C@]12C. The number of rotatable bonds is 8. The molecule has 4 aliphatic carbocycles. The Morgan fingerprint density at radius 1 is 1.00 bits per heavy atom. The minimum absolute atomic E-state index is 0.0112. The third-order valence-corrected chi connectivity index (χ3v) is 10.9. The molecule has 0 amide bonds. The second-order valence-electron chi connectivity index (χ2n) is 12.6. The van der Waals surface area contributed by atoms with Crippen LogP contribution in [0.25, 0.3) is 0 Å². The predicted molar refractivity (Wildman–Crippen MR) is 133 cm³/mol. The minimum atomic E-state index is -1.03. The Balaban J connectivity index is 1.48. The zero-order valence-electron chi connectivity index (χ0n) is 22.6.